The van der Waals surface area contributed by atoms with Crippen LogP contribution in [0.2, 0.25) is 0 Å². The second-order valence-corrected chi connectivity index (χ2v) is 5.94. The van der Waals surface area contributed by atoms with Crippen LogP contribution >= 0.6 is 0 Å². The van der Waals surface area contributed by atoms with E-state index in [4.69, 9.17) is 14.2 Å². The molecule has 25 heavy (non-hydrogen) atoms. The third-order valence-corrected chi connectivity index (χ3v) is 4.33. The summed E-state index contributed by atoms with van der Waals surface area (Å²) in [4.78, 5) is 14.9. The maximum absolute atomic E-state index is 13.1. The van der Waals surface area contributed by atoms with Gasteiger partial charge in [-0.25, -0.2) is 0 Å². The fraction of sp³-hybridized carbons (Fsp3) is 0.350. The first-order valence-electron chi connectivity index (χ1n) is 8.39. The zero-order valence-corrected chi connectivity index (χ0v) is 14.6. The number of hydrogen-bond acceptors (Lipinski definition) is 4. The number of carbonyl (C=O) groups excluding carboxylic acids is 1. The summed E-state index contributed by atoms with van der Waals surface area (Å²) in [6, 6.07) is 15.3. The van der Waals surface area contributed by atoms with Crippen LogP contribution in [0.4, 0.5) is 0 Å². The highest BCUT2D eigenvalue weighted by Gasteiger charge is 2.27. The average Bonchev–Trinajstić information content (AvgIpc) is 2.63. The largest absolute Gasteiger partial charge is 0.493 e. The Bertz CT molecular complexity index is 717. The Labute approximate surface area is 148 Å². The molecule has 1 unspecified atom stereocenters. The van der Waals surface area contributed by atoms with Gasteiger partial charge in [0.15, 0.2) is 17.6 Å². The van der Waals surface area contributed by atoms with Crippen molar-refractivity contribution in [2.24, 2.45) is 0 Å². The number of fused-ring (bicyclic) bond motifs is 1. The molecule has 1 atom stereocenters. The molecule has 1 aliphatic heterocycles. The summed E-state index contributed by atoms with van der Waals surface area (Å²) in [5.41, 5.74) is 1.80. The van der Waals surface area contributed by atoms with Gasteiger partial charge < -0.3 is 19.1 Å². The van der Waals surface area contributed by atoms with Gasteiger partial charge in [-0.05, 0) is 18.1 Å². The number of para-hydroxylation sites is 1. The Morgan fingerprint density at radius 1 is 1.12 bits per heavy atom. The zero-order valence-electron chi connectivity index (χ0n) is 14.6. The van der Waals surface area contributed by atoms with Crippen LogP contribution in [-0.4, -0.2) is 38.2 Å². The van der Waals surface area contributed by atoms with Crippen molar-refractivity contribution in [1.29, 1.82) is 0 Å². The lowest BCUT2D eigenvalue weighted by molar-refractivity contribution is -0.143. The molecule has 0 fully saturated rings. The fourth-order valence-corrected chi connectivity index (χ4v) is 3.09. The van der Waals surface area contributed by atoms with Gasteiger partial charge in [0, 0.05) is 25.8 Å². The van der Waals surface area contributed by atoms with Crippen LogP contribution in [0.25, 0.3) is 0 Å². The first-order chi connectivity index (χ1) is 12.2. The summed E-state index contributed by atoms with van der Waals surface area (Å²) in [5.74, 6) is 1.37. The van der Waals surface area contributed by atoms with Crippen molar-refractivity contribution in [1.82, 2.24) is 4.90 Å². The molecule has 0 saturated carbocycles. The normalized spacial score (nSPS) is 15.4. The Hall–Kier alpha value is -2.53. The van der Waals surface area contributed by atoms with Gasteiger partial charge in [0.05, 0.1) is 13.7 Å². The number of benzene rings is 2. The number of carbonyl (C=O) groups is 1. The molecule has 0 spiro atoms. The highest BCUT2D eigenvalue weighted by Crippen LogP contribution is 2.33. The Balaban J connectivity index is 1.87. The molecule has 0 N–H and O–H groups in total. The SMILES string of the molecule is COc1cccc2c1OCCCN(C(=O)C(OC)c1ccccc1)C2. The zero-order chi connectivity index (χ0) is 17.6. The van der Waals surface area contributed by atoms with Gasteiger partial charge in [-0.2, -0.15) is 0 Å². The monoisotopic (exact) mass is 341 g/mol. The summed E-state index contributed by atoms with van der Waals surface area (Å²) in [7, 11) is 3.19. The van der Waals surface area contributed by atoms with Crippen LogP contribution in [0.15, 0.2) is 48.5 Å². The summed E-state index contributed by atoms with van der Waals surface area (Å²) < 4.78 is 16.8. The second kappa shape index (κ2) is 8.03. The van der Waals surface area contributed by atoms with E-state index in [0.717, 1.165) is 23.3 Å². The number of hydrogen-bond donors (Lipinski definition) is 0. The minimum Gasteiger partial charge on any atom is -0.493 e. The topological polar surface area (TPSA) is 48.0 Å². The minimum absolute atomic E-state index is 0.0376. The van der Waals surface area contributed by atoms with Crippen molar-refractivity contribution in [3.8, 4) is 11.5 Å². The molecule has 0 aromatic heterocycles. The van der Waals surface area contributed by atoms with Crippen LogP contribution in [-0.2, 0) is 16.1 Å². The molecule has 5 nitrogen and oxygen atoms in total. The number of methoxy groups -OCH3 is 2. The van der Waals surface area contributed by atoms with E-state index >= 15 is 0 Å². The number of rotatable bonds is 4. The lowest BCUT2D eigenvalue weighted by Crippen LogP contribution is -2.37. The maximum Gasteiger partial charge on any atom is 0.256 e. The van der Waals surface area contributed by atoms with Crippen LogP contribution in [0, 0.1) is 0 Å². The molecule has 1 aliphatic rings. The first kappa shape index (κ1) is 17.3. The molecule has 1 heterocycles. The highest BCUT2D eigenvalue weighted by atomic mass is 16.5. The van der Waals surface area contributed by atoms with Gasteiger partial charge in [0.2, 0.25) is 0 Å². The van der Waals surface area contributed by atoms with Crippen LogP contribution < -0.4 is 9.47 Å². The molecule has 0 radical (unpaired) electrons. The molecule has 5 heteroatoms. The summed E-state index contributed by atoms with van der Waals surface area (Å²) in [6.07, 6.45) is 0.157. The lowest BCUT2D eigenvalue weighted by Gasteiger charge is -2.30. The van der Waals surface area contributed by atoms with Crippen LogP contribution in [0.3, 0.4) is 0 Å². The highest BCUT2D eigenvalue weighted by molar-refractivity contribution is 5.82. The van der Waals surface area contributed by atoms with Crippen molar-refractivity contribution in [3.05, 3.63) is 59.7 Å². The summed E-state index contributed by atoms with van der Waals surface area (Å²) in [5, 5.41) is 0. The van der Waals surface area contributed by atoms with Crippen molar-refractivity contribution >= 4 is 5.91 Å². The molecule has 2 aromatic rings. The van der Waals surface area contributed by atoms with E-state index in [2.05, 4.69) is 0 Å². The van der Waals surface area contributed by atoms with Crippen LogP contribution in [0.1, 0.15) is 23.7 Å². The molecule has 0 bridgehead atoms. The van der Waals surface area contributed by atoms with Crippen molar-refractivity contribution in [2.45, 2.75) is 19.1 Å². The lowest BCUT2D eigenvalue weighted by atomic mass is 10.1. The van der Waals surface area contributed by atoms with E-state index in [1.165, 1.54) is 0 Å². The van der Waals surface area contributed by atoms with Gasteiger partial charge in [0.25, 0.3) is 5.91 Å². The Kier molecular flexibility index (Phi) is 5.56. The molecular formula is C20H23NO4. The summed E-state index contributed by atoms with van der Waals surface area (Å²) in [6.45, 7) is 1.64. The van der Waals surface area contributed by atoms with Gasteiger partial charge in [0.1, 0.15) is 0 Å². The average molecular weight is 341 g/mol. The second-order valence-electron chi connectivity index (χ2n) is 5.94. The molecule has 0 saturated heterocycles. The molecule has 132 valence electrons. The standard InChI is InChI=1S/C20H23NO4/c1-23-17-11-6-10-16-14-21(12-7-13-25-18(16)17)20(22)19(24-2)15-8-4-3-5-9-15/h3-6,8-11,19H,7,12-14H2,1-2H3. The summed E-state index contributed by atoms with van der Waals surface area (Å²) >= 11 is 0. The van der Waals surface area contributed by atoms with E-state index < -0.39 is 6.10 Å². The molecule has 1 amide bonds. The van der Waals surface area contributed by atoms with Crippen molar-refractivity contribution < 1.29 is 19.0 Å². The number of amides is 1. The third kappa shape index (κ3) is 3.77. The van der Waals surface area contributed by atoms with Gasteiger partial charge in [-0.1, -0.05) is 42.5 Å². The first-order valence-corrected chi connectivity index (χ1v) is 8.39. The number of nitrogens with zero attached hydrogens (tertiary/aromatic N) is 1. The fourth-order valence-electron chi connectivity index (χ4n) is 3.09. The van der Waals surface area contributed by atoms with Gasteiger partial charge in [-0.15, -0.1) is 0 Å². The number of ether oxygens (including phenoxy) is 3. The molecule has 2 aromatic carbocycles. The predicted octanol–water partition coefficient (Wildman–Crippen LogP) is 3.19. The van der Waals surface area contributed by atoms with E-state index in [0.29, 0.717) is 25.4 Å². The molecule has 3 rings (SSSR count). The Morgan fingerprint density at radius 3 is 2.64 bits per heavy atom. The van der Waals surface area contributed by atoms with E-state index in [1.54, 1.807) is 14.2 Å². The van der Waals surface area contributed by atoms with E-state index in [-0.39, 0.29) is 5.91 Å². The minimum atomic E-state index is -0.601. The van der Waals surface area contributed by atoms with Crippen molar-refractivity contribution in [3.63, 3.8) is 0 Å². The van der Waals surface area contributed by atoms with Gasteiger partial charge in [-0.3, -0.25) is 4.79 Å². The van der Waals surface area contributed by atoms with Crippen molar-refractivity contribution in [2.75, 3.05) is 27.4 Å². The predicted molar refractivity (Wildman–Crippen MR) is 94.7 cm³/mol. The van der Waals surface area contributed by atoms with E-state index in [9.17, 15) is 4.79 Å². The third-order valence-electron chi connectivity index (χ3n) is 4.33. The smallest absolute Gasteiger partial charge is 0.256 e. The van der Waals surface area contributed by atoms with Crippen LogP contribution in [0.5, 0.6) is 11.5 Å². The van der Waals surface area contributed by atoms with E-state index in [1.807, 2.05) is 53.4 Å². The van der Waals surface area contributed by atoms with Gasteiger partial charge >= 0.3 is 0 Å². The Morgan fingerprint density at radius 2 is 1.92 bits per heavy atom. The molecular weight excluding hydrogens is 318 g/mol. The molecule has 0 aliphatic carbocycles. The maximum atomic E-state index is 13.1. The quantitative estimate of drug-likeness (QED) is 0.857.